The average Bonchev–Trinajstić information content (AvgIpc) is 2.64. The topological polar surface area (TPSA) is 92.4 Å². The molecular formula is C7H11F3N2O4S. The molecule has 0 aromatic carbocycles. The summed E-state index contributed by atoms with van der Waals surface area (Å²) in [5.41, 5.74) is -5.53. The van der Waals surface area contributed by atoms with Crippen LogP contribution >= 0.6 is 0 Å². The quantitative estimate of drug-likeness (QED) is 0.625. The van der Waals surface area contributed by atoms with Gasteiger partial charge in [0.1, 0.15) is 0 Å². The minimum absolute atomic E-state index is 0.248. The number of aromatic nitrogens is 2. The van der Waals surface area contributed by atoms with Crippen LogP contribution in [0.4, 0.5) is 13.2 Å². The third kappa shape index (κ3) is 6.92. The fourth-order valence-corrected chi connectivity index (χ4v) is 0.672. The van der Waals surface area contributed by atoms with Crippen molar-refractivity contribution in [2.75, 3.05) is 6.61 Å². The molecule has 0 fully saturated rings. The van der Waals surface area contributed by atoms with Crippen LogP contribution < -0.4 is 0 Å². The number of aliphatic hydroxyl groups excluding tert-OH is 1. The molecule has 2 N–H and O–H groups in total. The van der Waals surface area contributed by atoms with Crippen LogP contribution in [0, 0.1) is 0 Å². The van der Waals surface area contributed by atoms with E-state index in [1.807, 2.05) is 10.8 Å². The predicted octanol–water partition coefficient (Wildman–Crippen LogP) is 0.660. The Morgan fingerprint density at radius 1 is 1.35 bits per heavy atom. The van der Waals surface area contributed by atoms with Crippen LogP contribution in [0.5, 0.6) is 0 Å². The van der Waals surface area contributed by atoms with E-state index >= 15 is 0 Å². The maximum absolute atomic E-state index is 10.7. The van der Waals surface area contributed by atoms with Gasteiger partial charge in [-0.05, 0) is 6.42 Å². The van der Waals surface area contributed by atoms with Gasteiger partial charge in [0, 0.05) is 25.5 Å². The SMILES string of the molecule is O=S(=O)(O)C(F)(F)F.OCCCn1ccnc1. The van der Waals surface area contributed by atoms with Gasteiger partial charge in [-0.1, -0.05) is 0 Å². The first-order chi connectivity index (χ1) is 7.68. The second kappa shape index (κ2) is 6.57. The van der Waals surface area contributed by atoms with Gasteiger partial charge >= 0.3 is 15.6 Å². The van der Waals surface area contributed by atoms with E-state index in [4.69, 9.17) is 18.1 Å². The summed E-state index contributed by atoms with van der Waals surface area (Å²) >= 11 is 0. The normalized spacial score (nSPS) is 11.8. The number of aliphatic hydroxyl groups is 1. The van der Waals surface area contributed by atoms with E-state index in [9.17, 15) is 13.2 Å². The Labute approximate surface area is 95.5 Å². The van der Waals surface area contributed by atoms with Crippen LogP contribution in [0.25, 0.3) is 0 Å². The van der Waals surface area contributed by atoms with Gasteiger partial charge in [-0.25, -0.2) is 4.98 Å². The largest absolute Gasteiger partial charge is 0.522 e. The van der Waals surface area contributed by atoms with E-state index in [0.29, 0.717) is 0 Å². The summed E-state index contributed by atoms with van der Waals surface area (Å²) in [4.78, 5) is 3.86. The van der Waals surface area contributed by atoms with Crippen molar-refractivity contribution in [1.29, 1.82) is 0 Å². The third-order valence-corrected chi connectivity index (χ3v) is 2.01. The Kier molecular flexibility index (Phi) is 6.13. The van der Waals surface area contributed by atoms with E-state index in [-0.39, 0.29) is 6.61 Å². The summed E-state index contributed by atoms with van der Waals surface area (Å²) in [6, 6.07) is 0. The second-order valence-electron chi connectivity index (χ2n) is 2.80. The minimum Gasteiger partial charge on any atom is -0.396 e. The minimum atomic E-state index is -5.84. The van der Waals surface area contributed by atoms with Crippen molar-refractivity contribution in [3.8, 4) is 0 Å². The third-order valence-electron chi connectivity index (χ3n) is 1.43. The summed E-state index contributed by atoms with van der Waals surface area (Å²) < 4.78 is 59.5. The number of nitrogens with zero attached hydrogens (tertiary/aromatic N) is 2. The Balaban J connectivity index is 0.000000304. The number of imidazole rings is 1. The van der Waals surface area contributed by atoms with Crippen molar-refractivity contribution >= 4 is 10.1 Å². The molecule has 0 aliphatic heterocycles. The lowest BCUT2D eigenvalue weighted by Crippen LogP contribution is -2.21. The number of alkyl halides is 3. The molecule has 0 bridgehead atoms. The zero-order valence-corrected chi connectivity index (χ0v) is 9.32. The molecule has 0 atom stereocenters. The molecule has 1 heterocycles. The molecule has 0 aliphatic rings. The fourth-order valence-electron chi connectivity index (χ4n) is 0.672. The standard InChI is InChI=1S/C6H10N2O.CHF3O3S/c9-5-1-3-8-4-2-7-6-8;2-1(3,4)8(5,6)7/h2,4,6,9H,1,3,5H2;(H,5,6,7). The molecule has 0 radical (unpaired) electrons. The molecule has 1 aromatic heterocycles. The first-order valence-corrected chi connectivity index (χ1v) is 5.73. The lowest BCUT2D eigenvalue weighted by molar-refractivity contribution is -0.0510. The molecule has 0 aliphatic carbocycles. The predicted molar refractivity (Wildman–Crippen MR) is 51.5 cm³/mol. The highest BCUT2D eigenvalue weighted by molar-refractivity contribution is 7.86. The van der Waals surface area contributed by atoms with Crippen LogP contribution in [0.1, 0.15) is 6.42 Å². The van der Waals surface area contributed by atoms with E-state index < -0.39 is 15.6 Å². The first-order valence-electron chi connectivity index (χ1n) is 4.29. The molecule has 0 saturated carbocycles. The van der Waals surface area contributed by atoms with Crippen molar-refractivity contribution in [2.24, 2.45) is 0 Å². The van der Waals surface area contributed by atoms with Crippen LogP contribution in [0.2, 0.25) is 0 Å². The average molecular weight is 276 g/mol. The van der Waals surface area contributed by atoms with Crippen molar-refractivity contribution in [2.45, 2.75) is 18.5 Å². The summed E-state index contributed by atoms with van der Waals surface area (Å²) in [7, 11) is -5.84. The van der Waals surface area contributed by atoms with Crippen molar-refractivity contribution in [1.82, 2.24) is 9.55 Å². The lowest BCUT2D eigenvalue weighted by Gasteiger charge is -1.97. The number of hydrogen-bond acceptors (Lipinski definition) is 4. The highest BCUT2D eigenvalue weighted by atomic mass is 32.2. The van der Waals surface area contributed by atoms with Crippen molar-refractivity contribution in [3.63, 3.8) is 0 Å². The number of hydrogen-bond donors (Lipinski definition) is 2. The van der Waals surface area contributed by atoms with Crippen LogP contribution in [-0.4, -0.2) is 39.7 Å². The van der Waals surface area contributed by atoms with Crippen LogP contribution in [0.15, 0.2) is 18.7 Å². The molecule has 0 spiro atoms. The van der Waals surface area contributed by atoms with E-state index in [2.05, 4.69) is 4.98 Å². The highest BCUT2D eigenvalue weighted by Gasteiger charge is 2.44. The molecule has 0 saturated heterocycles. The molecule has 0 unspecified atom stereocenters. The van der Waals surface area contributed by atoms with Crippen molar-refractivity contribution in [3.05, 3.63) is 18.7 Å². The molecule has 17 heavy (non-hydrogen) atoms. The van der Waals surface area contributed by atoms with E-state index in [0.717, 1.165) is 13.0 Å². The summed E-state index contributed by atoms with van der Waals surface area (Å²) in [5.74, 6) is 0. The molecular weight excluding hydrogens is 265 g/mol. The molecule has 6 nitrogen and oxygen atoms in total. The lowest BCUT2D eigenvalue weighted by atomic mass is 10.4. The number of aryl methyl sites for hydroxylation is 1. The second-order valence-corrected chi connectivity index (χ2v) is 4.21. The molecule has 100 valence electrons. The van der Waals surface area contributed by atoms with Gasteiger partial charge in [-0.3, -0.25) is 4.55 Å². The van der Waals surface area contributed by atoms with E-state index in [1.165, 1.54) is 0 Å². The van der Waals surface area contributed by atoms with Gasteiger partial charge in [-0.15, -0.1) is 0 Å². The maximum Gasteiger partial charge on any atom is 0.522 e. The zero-order chi connectivity index (χ0) is 13.5. The zero-order valence-electron chi connectivity index (χ0n) is 8.50. The maximum atomic E-state index is 10.7. The van der Waals surface area contributed by atoms with E-state index in [1.54, 1.807) is 12.5 Å². The Hall–Kier alpha value is -1.13. The van der Waals surface area contributed by atoms with Gasteiger partial charge in [0.15, 0.2) is 0 Å². The van der Waals surface area contributed by atoms with Gasteiger partial charge in [0.2, 0.25) is 0 Å². The monoisotopic (exact) mass is 276 g/mol. The van der Waals surface area contributed by atoms with Crippen LogP contribution in [-0.2, 0) is 16.7 Å². The van der Waals surface area contributed by atoms with Crippen LogP contribution in [0.3, 0.4) is 0 Å². The summed E-state index contributed by atoms with van der Waals surface area (Å²) in [6.45, 7) is 1.11. The molecule has 1 aromatic rings. The number of halogens is 3. The van der Waals surface area contributed by atoms with Gasteiger partial charge in [0.25, 0.3) is 0 Å². The highest BCUT2D eigenvalue weighted by Crippen LogP contribution is 2.20. The number of rotatable bonds is 3. The Bertz CT molecular complexity index is 401. The Morgan fingerprint density at radius 2 is 1.88 bits per heavy atom. The smallest absolute Gasteiger partial charge is 0.396 e. The first kappa shape index (κ1) is 15.9. The van der Waals surface area contributed by atoms with Gasteiger partial charge < -0.3 is 9.67 Å². The molecule has 10 heteroatoms. The van der Waals surface area contributed by atoms with Crippen molar-refractivity contribution < 1.29 is 31.2 Å². The van der Waals surface area contributed by atoms with Gasteiger partial charge in [0.05, 0.1) is 6.33 Å². The summed E-state index contributed by atoms with van der Waals surface area (Å²) in [5, 5.41) is 8.43. The molecule has 0 amide bonds. The summed E-state index contributed by atoms with van der Waals surface area (Å²) in [6.07, 6.45) is 6.17. The molecule has 1 rings (SSSR count). The Morgan fingerprint density at radius 3 is 2.18 bits per heavy atom. The fraction of sp³-hybridized carbons (Fsp3) is 0.571. The van der Waals surface area contributed by atoms with Gasteiger partial charge in [-0.2, -0.15) is 21.6 Å².